The van der Waals surface area contributed by atoms with E-state index in [1.165, 1.54) is 11.3 Å². The SMILES string of the molecule is CCC(C)(C)[C@H]1CCc2c(sc(NC(=O)C(Cl)(Cl)Cl)c2C(N)=O)C1. The number of primary amides is 1. The fraction of sp³-hybridized carbons (Fsp3) is 0.625. The van der Waals surface area contributed by atoms with Gasteiger partial charge in [0.15, 0.2) is 0 Å². The van der Waals surface area contributed by atoms with Crippen molar-refractivity contribution in [1.82, 2.24) is 0 Å². The van der Waals surface area contributed by atoms with Gasteiger partial charge in [0, 0.05) is 4.88 Å². The third kappa shape index (κ3) is 4.01. The quantitative estimate of drug-likeness (QED) is 0.705. The first-order valence-corrected chi connectivity index (χ1v) is 9.75. The van der Waals surface area contributed by atoms with E-state index in [2.05, 4.69) is 26.1 Å². The van der Waals surface area contributed by atoms with Gasteiger partial charge in [-0.15, -0.1) is 11.3 Å². The van der Waals surface area contributed by atoms with Crippen molar-refractivity contribution >= 4 is 63.0 Å². The minimum atomic E-state index is -2.09. The van der Waals surface area contributed by atoms with Crippen LogP contribution in [0.15, 0.2) is 0 Å². The maximum absolute atomic E-state index is 11.9. The van der Waals surface area contributed by atoms with Crippen LogP contribution in [-0.2, 0) is 17.6 Å². The molecule has 0 radical (unpaired) electrons. The van der Waals surface area contributed by atoms with E-state index in [-0.39, 0.29) is 5.41 Å². The first-order chi connectivity index (χ1) is 11.0. The van der Waals surface area contributed by atoms with Crippen LogP contribution in [-0.4, -0.2) is 15.6 Å². The first-order valence-electron chi connectivity index (χ1n) is 7.80. The summed E-state index contributed by atoms with van der Waals surface area (Å²) in [5.41, 5.74) is 7.03. The van der Waals surface area contributed by atoms with Crippen molar-refractivity contribution in [3.8, 4) is 0 Å². The fourth-order valence-electron chi connectivity index (χ4n) is 3.06. The van der Waals surface area contributed by atoms with Crippen LogP contribution in [0.25, 0.3) is 0 Å². The van der Waals surface area contributed by atoms with Gasteiger partial charge in [-0.3, -0.25) is 9.59 Å². The van der Waals surface area contributed by atoms with Gasteiger partial charge in [0.1, 0.15) is 5.00 Å². The van der Waals surface area contributed by atoms with Crippen LogP contribution in [0.5, 0.6) is 0 Å². The van der Waals surface area contributed by atoms with Gasteiger partial charge in [-0.1, -0.05) is 62.0 Å². The molecule has 0 saturated carbocycles. The Morgan fingerprint density at radius 1 is 1.33 bits per heavy atom. The van der Waals surface area contributed by atoms with Gasteiger partial charge in [-0.2, -0.15) is 0 Å². The minimum absolute atomic E-state index is 0.218. The number of carbonyl (C=O) groups is 2. The Morgan fingerprint density at radius 2 is 1.96 bits per heavy atom. The third-order valence-corrected chi connectivity index (χ3v) is 6.70. The van der Waals surface area contributed by atoms with E-state index in [1.807, 2.05) is 0 Å². The summed E-state index contributed by atoms with van der Waals surface area (Å²) in [5.74, 6) is -0.842. The number of fused-ring (bicyclic) bond motifs is 1. The van der Waals surface area contributed by atoms with Gasteiger partial charge >= 0.3 is 0 Å². The van der Waals surface area contributed by atoms with Crippen LogP contribution in [0.3, 0.4) is 0 Å². The summed E-state index contributed by atoms with van der Waals surface area (Å²) in [5, 5.41) is 2.91. The number of hydrogen-bond donors (Lipinski definition) is 2. The molecule has 0 unspecified atom stereocenters. The number of alkyl halides is 3. The summed E-state index contributed by atoms with van der Waals surface area (Å²) in [6.45, 7) is 6.71. The molecule has 134 valence electrons. The van der Waals surface area contributed by atoms with E-state index < -0.39 is 15.6 Å². The highest BCUT2D eigenvalue weighted by atomic mass is 35.6. The molecule has 3 N–H and O–H groups in total. The number of nitrogens with two attached hydrogens (primary N) is 1. The monoisotopic (exact) mass is 410 g/mol. The zero-order chi connectivity index (χ0) is 18.3. The van der Waals surface area contributed by atoms with E-state index in [0.717, 1.165) is 36.1 Å². The number of halogens is 3. The molecule has 1 aliphatic rings. The van der Waals surface area contributed by atoms with Crippen molar-refractivity contribution in [1.29, 1.82) is 0 Å². The Kier molecular flexibility index (Phi) is 5.80. The molecular weight excluding hydrogens is 391 g/mol. The smallest absolute Gasteiger partial charge is 0.277 e. The first kappa shape index (κ1) is 19.8. The van der Waals surface area contributed by atoms with Crippen molar-refractivity contribution < 1.29 is 9.59 Å². The predicted molar refractivity (Wildman–Crippen MR) is 101 cm³/mol. The molecule has 2 amide bonds. The maximum atomic E-state index is 11.9. The average Bonchev–Trinajstić information content (AvgIpc) is 2.83. The topological polar surface area (TPSA) is 72.2 Å². The van der Waals surface area contributed by atoms with Crippen molar-refractivity contribution in [2.24, 2.45) is 17.1 Å². The number of carbonyl (C=O) groups excluding carboxylic acids is 2. The van der Waals surface area contributed by atoms with Crippen molar-refractivity contribution in [3.63, 3.8) is 0 Å². The van der Waals surface area contributed by atoms with Gasteiger partial charge in [-0.05, 0) is 36.2 Å². The average molecular weight is 412 g/mol. The predicted octanol–water partition coefficient (Wildman–Crippen LogP) is 4.70. The molecule has 0 aliphatic heterocycles. The Hall–Kier alpha value is -0.490. The third-order valence-electron chi connectivity index (χ3n) is 5.01. The zero-order valence-corrected chi connectivity index (χ0v) is 16.9. The molecule has 1 heterocycles. The zero-order valence-electron chi connectivity index (χ0n) is 13.8. The van der Waals surface area contributed by atoms with Crippen LogP contribution in [0.4, 0.5) is 5.00 Å². The van der Waals surface area contributed by atoms with Gasteiger partial charge in [0.25, 0.3) is 15.6 Å². The highest BCUT2D eigenvalue weighted by molar-refractivity contribution is 7.17. The summed E-state index contributed by atoms with van der Waals surface area (Å²) in [7, 11) is 0. The van der Waals surface area contributed by atoms with E-state index in [0.29, 0.717) is 16.5 Å². The summed E-state index contributed by atoms with van der Waals surface area (Å²) in [6.07, 6.45) is 3.70. The molecule has 1 aromatic rings. The Bertz CT molecular complexity index is 665. The maximum Gasteiger partial charge on any atom is 0.277 e. The molecule has 2 rings (SSSR count). The van der Waals surface area contributed by atoms with E-state index in [1.54, 1.807) is 0 Å². The van der Waals surface area contributed by atoms with Gasteiger partial charge in [-0.25, -0.2) is 0 Å². The van der Waals surface area contributed by atoms with Crippen molar-refractivity contribution in [3.05, 3.63) is 16.0 Å². The summed E-state index contributed by atoms with van der Waals surface area (Å²) >= 11 is 18.2. The molecule has 0 spiro atoms. The molecule has 0 saturated heterocycles. The van der Waals surface area contributed by atoms with E-state index >= 15 is 0 Å². The number of hydrogen-bond acceptors (Lipinski definition) is 3. The van der Waals surface area contributed by atoms with Crippen LogP contribution in [0.1, 0.15) is 54.4 Å². The van der Waals surface area contributed by atoms with Crippen molar-refractivity contribution in [2.45, 2.75) is 50.2 Å². The Balaban J connectivity index is 2.36. The summed E-state index contributed by atoms with van der Waals surface area (Å²) in [4.78, 5) is 24.9. The molecule has 0 fully saturated rings. The molecule has 0 bridgehead atoms. The fourth-order valence-corrected chi connectivity index (χ4v) is 4.53. The second kappa shape index (κ2) is 7.02. The molecule has 4 nitrogen and oxygen atoms in total. The lowest BCUT2D eigenvalue weighted by atomic mass is 9.69. The van der Waals surface area contributed by atoms with Crippen LogP contribution in [0.2, 0.25) is 0 Å². The van der Waals surface area contributed by atoms with Gasteiger partial charge in [0.05, 0.1) is 5.56 Å². The molecule has 1 aliphatic carbocycles. The van der Waals surface area contributed by atoms with E-state index in [4.69, 9.17) is 40.5 Å². The minimum Gasteiger partial charge on any atom is -0.365 e. The summed E-state index contributed by atoms with van der Waals surface area (Å²) in [6, 6.07) is 0. The Labute approximate surface area is 161 Å². The number of anilines is 1. The molecule has 1 aromatic heterocycles. The van der Waals surface area contributed by atoms with Crippen LogP contribution < -0.4 is 11.1 Å². The lowest BCUT2D eigenvalue weighted by Gasteiger charge is -2.36. The standard InChI is InChI=1S/C16H21Cl3N2O2S/c1-4-15(2,3)8-5-6-9-10(7-8)24-13(11(9)12(20)22)21-14(23)16(17,18)19/h8H,4-7H2,1-3H3,(H2,20,22)(H,21,23)/t8-/m0/s1. The molecule has 0 aromatic carbocycles. The van der Waals surface area contributed by atoms with Crippen LogP contribution >= 0.6 is 46.1 Å². The molecule has 8 heteroatoms. The van der Waals surface area contributed by atoms with Gasteiger partial charge in [0.2, 0.25) is 0 Å². The summed E-state index contributed by atoms with van der Waals surface area (Å²) < 4.78 is -2.09. The van der Waals surface area contributed by atoms with Gasteiger partial charge < -0.3 is 11.1 Å². The van der Waals surface area contributed by atoms with Crippen molar-refractivity contribution in [2.75, 3.05) is 5.32 Å². The molecular formula is C16H21Cl3N2O2S. The van der Waals surface area contributed by atoms with Crippen LogP contribution in [0, 0.1) is 11.3 Å². The second-order valence-corrected chi connectivity index (χ2v) is 10.2. The number of amides is 2. The normalized spacial score (nSPS) is 18.2. The number of thiophene rings is 1. The lowest BCUT2D eigenvalue weighted by Crippen LogP contribution is -2.29. The second-order valence-electron chi connectivity index (χ2n) is 6.81. The van der Waals surface area contributed by atoms with E-state index in [9.17, 15) is 9.59 Å². The number of rotatable bonds is 4. The molecule has 24 heavy (non-hydrogen) atoms. The molecule has 1 atom stereocenters. The Morgan fingerprint density at radius 3 is 2.46 bits per heavy atom. The lowest BCUT2D eigenvalue weighted by molar-refractivity contribution is -0.115. The number of nitrogens with one attached hydrogen (secondary N) is 1. The highest BCUT2D eigenvalue weighted by Crippen LogP contribution is 2.45. The highest BCUT2D eigenvalue weighted by Gasteiger charge is 2.36. The largest absolute Gasteiger partial charge is 0.365 e.